The van der Waals surface area contributed by atoms with Crippen molar-refractivity contribution in [3.63, 3.8) is 0 Å². The highest BCUT2D eigenvalue weighted by Crippen LogP contribution is 2.32. The summed E-state index contributed by atoms with van der Waals surface area (Å²) in [4.78, 5) is 16.3. The van der Waals surface area contributed by atoms with E-state index in [4.69, 9.17) is 16.0 Å². The normalized spacial score (nSPS) is 11.0. The van der Waals surface area contributed by atoms with Crippen molar-refractivity contribution in [2.24, 2.45) is 0 Å². The first kappa shape index (κ1) is 14.7. The van der Waals surface area contributed by atoms with E-state index in [9.17, 15) is 4.79 Å². The van der Waals surface area contributed by atoms with Gasteiger partial charge in [-0.1, -0.05) is 42.5 Å². The number of para-hydroxylation sites is 1. The van der Waals surface area contributed by atoms with E-state index < -0.39 is 0 Å². The summed E-state index contributed by atoms with van der Waals surface area (Å²) in [7, 11) is 0. The number of halogens is 1. The highest BCUT2D eigenvalue weighted by molar-refractivity contribution is 6.29. The zero-order valence-electron chi connectivity index (χ0n) is 12.6. The van der Waals surface area contributed by atoms with E-state index in [2.05, 4.69) is 10.3 Å². The van der Waals surface area contributed by atoms with Crippen molar-refractivity contribution in [2.75, 3.05) is 11.2 Å². The number of oxazole rings is 1. The average molecular weight is 337 g/mol. The van der Waals surface area contributed by atoms with E-state index in [1.165, 1.54) is 0 Å². The molecule has 0 bridgehead atoms. The maximum atomic E-state index is 11.6. The van der Waals surface area contributed by atoms with E-state index in [1.807, 2.05) is 54.6 Å². The van der Waals surface area contributed by atoms with Gasteiger partial charge in [0.25, 0.3) is 0 Å². The first-order valence-electron chi connectivity index (χ1n) is 7.50. The van der Waals surface area contributed by atoms with Crippen molar-refractivity contribution < 1.29 is 9.21 Å². The van der Waals surface area contributed by atoms with Gasteiger partial charge in [-0.15, -0.1) is 11.6 Å². The van der Waals surface area contributed by atoms with Gasteiger partial charge < -0.3 is 9.73 Å². The van der Waals surface area contributed by atoms with Crippen molar-refractivity contribution >= 4 is 45.1 Å². The number of aromatic nitrogens is 1. The molecule has 1 N–H and O–H groups in total. The van der Waals surface area contributed by atoms with E-state index in [1.54, 1.807) is 6.07 Å². The molecule has 0 aliphatic rings. The molecule has 1 amide bonds. The molecule has 0 saturated heterocycles. The van der Waals surface area contributed by atoms with Crippen molar-refractivity contribution in [1.82, 2.24) is 4.98 Å². The lowest BCUT2D eigenvalue weighted by Gasteiger charge is -2.06. The standard InChI is InChI=1S/C19H13ClN2O2/c20-11-17(23)21-15-8-4-3-7-14(15)19-22-18-13-6-2-1-5-12(13)9-10-16(18)24-19/h1-10H,11H2,(H,21,23). The highest BCUT2D eigenvalue weighted by atomic mass is 35.5. The fraction of sp³-hybridized carbons (Fsp3) is 0.0526. The lowest BCUT2D eigenvalue weighted by molar-refractivity contribution is -0.113. The maximum absolute atomic E-state index is 11.6. The van der Waals surface area contributed by atoms with Crippen LogP contribution in [0.25, 0.3) is 33.3 Å². The summed E-state index contributed by atoms with van der Waals surface area (Å²) >= 11 is 5.58. The van der Waals surface area contributed by atoms with Crippen LogP contribution in [-0.4, -0.2) is 16.8 Å². The smallest absolute Gasteiger partial charge is 0.239 e. The van der Waals surface area contributed by atoms with Crippen molar-refractivity contribution in [3.05, 3.63) is 60.7 Å². The van der Waals surface area contributed by atoms with Crippen molar-refractivity contribution in [1.29, 1.82) is 0 Å². The monoisotopic (exact) mass is 336 g/mol. The highest BCUT2D eigenvalue weighted by Gasteiger charge is 2.15. The van der Waals surface area contributed by atoms with Gasteiger partial charge in [-0.2, -0.15) is 0 Å². The van der Waals surface area contributed by atoms with Crippen LogP contribution in [0.1, 0.15) is 0 Å². The van der Waals surface area contributed by atoms with Gasteiger partial charge in [-0.05, 0) is 23.6 Å². The Bertz CT molecular complexity index is 1060. The summed E-state index contributed by atoms with van der Waals surface area (Å²) in [6, 6.07) is 19.3. The molecule has 0 radical (unpaired) electrons. The van der Waals surface area contributed by atoms with Crippen LogP contribution >= 0.6 is 11.6 Å². The van der Waals surface area contributed by atoms with Gasteiger partial charge in [-0.3, -0.25) is 4.79 Å². The molecule has 0 saturated carbocycles. The minimum absolute atomic E-state index is 0.105. The second-order valence-corrected chi connectivity index (χ2v) is 5.65. The molecule has 0 aliphatic heterocycles. The Hall–Kier alpha value is -2.85. The minimum Gasteiger partial charge on any atom is -0.436 e. The van der Waals surface area contributed by atoms with Gasteiger partial charge in [0.15, 0.2) is 5.58 Å². The first-order valence-corrected chi connectivity index (χ1v) is 8.03. The number of hydrogen-bond donors (Lipinski definition) is 1. The predicted octanol–water partition coefficient (Wildman–Crippen LogP) is 4.83. The number of carbonyl (C=O) groups excluding carboxylic acids is 1. The fourth-order valence-electron chi connectivity index (χ4n) is 2.74. The number of alkyl halides is 1. The number of nitrogens with one attached hydrogen (secondary N) is 1. The minimum atomic E-state index is -0.273. The Morgan fingerprint density at radius 1 is 1.04 bits per heavy atom. The van der Waals surface area contributed by atoms with Crippen LogP contribution in [0.4, 0.5) is 5.69 Å². The van der Waals surface area contributed by atoms with Gasteiger partial charge in [0.2, 0.25) is 11.8 Å². The maximum Gasteiger partial charge on any atom is 0.239 e. The topological polar surface area (TPSA) is 55.1 Å². The molecule has 3 aromatic carbocycles. The summed E-state index contributed by atoms with van der Waals surface area (Å²) in [6.07, 6.45) is 0. The zero-order chi connectivity index (χ0) is 16.5. The zero-order valence-corrected chi connectivity index (χ0v) is 13.4. The van der Waals surface area contributed by atoms with Crippen molar-refractivity contribution in [2.45, 2.75) is 0 Å². The van der Waals surface area contributed by atoms with Gasteiger partial charge >= 0.3 is 0 Å². The molecule has 0 spiro atoms. The number of benzene rings is 3. The van der Waals surface area contributed by atoms with E-state index >= 15 is 0 Å². The molecule has 1 heterocycles. The lowest BCUT2D eigenvalue weighted by Crippen LogP contribution is -2.13. The summed E-state index contributed by atoms with van der Waals surface area (Å²) in [6.45, 7) is 0. The third-order valence-corrected chi connectivity index (χ3v) is 4.08. The molecule has 24 heavy (non-hydrogen) atoms. The second kappa shape index (κ2) is 5.98. The van der Waals surface area contributed by atoms with Crippen LogP contribution in [0.3, 0.4) is 0 Å². The van der Waals surface area contributed by atoms with Crippen LogP contribution < -0.4 is 5.32 Å². The van der Waals surface area contributed by atoms with Gasteiger partial charge in [0.05, 0.1) is 11.3 Å². The molecule has 0 aliphatic carbocycles. The SMILES string of the molecule is O=C(CCl)Nc1ccccc1-c1nc2c(ccc3ccccc32)o1. The molecule has 0 unspecified atom stereocenters. The van der Waals surface area contributed by atoms with Crippen molar-refractivity contribution in [3.8, 4) is 11.5 Å². The summed E-state index contributed by atoms with van der Waals surface area (Å²) in [5.41, 5.74) is 2.86. The van der Waals surface area contributed by atoms with Crippen LogP contribution in [0.2, 0.25) is 0 Å². The number of nitrogens with zero attached hydrogens (tertiary/aromatic N) is 1. The Morgan fingerprint density at radius 3 is 2.71 bits per heavy atom. The van der Waals surface area contributed by atoms with Gasteiger partial charge in [0.1, 0.15) is 11.4 Å². The Morgan fingerprint density at radius 2 is 1.83 bits per heavy atom. The molecule has 4 nitrogen and oxygen atoms in total. The number of anilines is 1. The van der Waals surface area contributed by atoms with Crippen LogP contribution in [0.5, 0.6) is 0 Å². The quantitative estimate of drug-likeness (QED) is 0.545. The Kier molecular flexibility index (Phi) is 3.67. The summed E-state index contributed by atoms with van der Waals surface area (Å²) in [5, 5.41) is 4.91. The van der Waals surface area contributed by atoms with Crippen LogP contribution in [0.15, 0.2) is 65.1 Å². The number of hydrogen-bond acceptors (Lipinski definition) is 3. The predicted molar refractivity (Wildman–Crippen MR) is 96.3 cm³/mol. The van der Waals surface area contributed by atoms with Gasteiger partial charge in [-0.25, -0.2) is 4.98 Å². The molecule has 5 heteroatoms. The molecule has 4 rings (SSSR count). The third kappa shape index (κ3) is 2.51. The molecular formula is C19H13ClN2O2. The fourth-order valence-corrected chi connectivity index (χ4v) is 2.81. The second-order valence-electron chi connectivity index (χ2n) is 5.38. The lowest BCUT2D eigenvalue weighted by atomic mass is 10.1. The number of rotatable bonds is 3. The summed E-state index contributed by atoms with van der Waals surface area (Å²) < 4.78 is 5.92. The molecule has 118 valence electrons. The average Bonchev–Trinajstić information content (AvgIpc) is 3.06. The Labute approximate surface area is 143 Å². The first-order chi connectivity index (χ1) is 11.8. The Balaban J connectivity index is 1.88. The van der Waals surface area contributed by atoms with Crippen LogP contribution in [-0.2, 0) is 4.79 Å². The van der Waals surface area contributed by atoms with E-state index in [-0.39, 0.29) is 11.8 Å². The summed E-state index contributed by atoms with van der Waals surface area (Å²) in [5.74, 6) is 0.0875. The third-order valence-electron chi connectivity index (χ3n) is 3.84. The molecule has 0 atom stereocenters. The number of carbonyl (C=O) groups is 1. The largest absolute Gasteiger partial charge is 0.436 e. The molecular weight excluding hydrogens is 324 g/mol. The molecule has 4 aromatic rings. The molecule has 1 aromatic heterocycles. The molecule has 0 fully saturated rings. The van der Waals surface area contributed by atoms with Crippen LogP contribution in [0, 0.1) is 0 Å². The van der Waals surface area contributed by atoms with Gasteiger partial charge in [0, 0.05) is 5.39 Å². The number of amides is 1. The van der Waals surface area contributed by atoms with E-state index in [0.29, 0.717) is 17.2 Å². The number of fused-ring (bicyclic) bond motifs is 3. The van der Waals surface area contributed by atoms with E-state index in [0.717, 1.165) is 21.9 Å².